The van der Waals surface area contributed by atoms with Gasteiger partial charge in [-0.2, -0.15) is 5.10 Å². The Morgan fingerprint density at radius 1 is 1.50 bits per heavy atom. The van der Waals surface area contributed by atoms with E-state index in [2.05, 4.69) is 26.7 Å². The Morgan fingerprint density at radius 3 is 3.00 bits per heavy atom. The van der Waals surface area contributed by atoms with E-state index in [4.69, 9.17) is 17.3 Å². The molecule has 104 valence electrons. The minimum Gasteiger partial charge on any atom is -0.383 e. The highest BCUT2D eigenvalue weighted by atomic mass is 35.5. The number of allylic oxidation sites excluding steroid dienone is 5. The van der Waals surface area contributed by atoms with Gasteiger partial charge < -0.3 is 5.73 Å². The molecule has 0 atom stereocenters. The smallest absolute Gasteiger partial charge is 0.160 e. The highest BCUT2D eigenvalue weighted by Crippen LogP contribution is 2.22. The third-order valence-corrected chi connectivity index (χ3v) is 3.08. The van der Waals surface area contributed by atoms with Crippen molar-refractivity contribution in [1.29, 1.82) is 0 Å². The van der Waals surface area contributed by atoms with Crippen LogP contribution in [-0.4, -0.2) is 20.2 Å². The maximum Gasteiger partial charge on any atom is 0.160 e. The monoisotopic (exact) mass is 289 g/mol. The van der Waals surface area contributed by atoms with Gasteiger partial charge in [-0.1, -0.05) is 37.3 Å². The van der Waals surface area contributed by atoms with Crippen molar-refractivity contribution >= 4 is 28.5 Å². The zero-order valence-electron chi connectivity index (χ0n) is 11.2. The number of nitrogen functional groups attached to an aromatic ring is 1. The molecule has 0 aromatic carbocycles. The van der Waals surface area contributed by atoms with Crippen molar-refractivity contribution in [3.8, 4) is 0 Å². The first-order valence-corrected chi connectivity index (χ1v) is 6.65. The van der Waals surface area contributed by atoms with Gasteiger partial charge in [-0.25, -0.2) is 9.97 Å². The summed E-state index contributed by atoms with van der Waals surface area (Å²) in [5.41, 5.74) is 8.24. The van der Waals surface area contributed by atoms with Gasteiger partial charge in [0.1, 0.15) is 12.1 Å². The summed E-state index contributed by atoms with van der Waals surface area (Å²) in [4.78, 5) is 8.08. The predicted octanol–water partition coefficient (Wildman–Crippen LogP) is 3.12. The number of nitrogens with two attached hydrogens (primary N) is 1. The first-order chi connectivity index (χ1) is 9.65. The van der Waals surface area contributed by atoms with Gasteiger partial charge >= 0.3 is 0 Å². The van der Waals surface area contributed by atoms with E-state index in [1.165, 1.54) is 6.33 Å². The lowest BCUT2D eigenvalue weighted by Gasteiger charge is -2.01. The van der Waals surface area contributed by atoms with Crippen LogP contribution in [0.3, 0.4) is 0 Å². The molecule has 0 aliphatic carbocycles. The van der Waals surface area contributed by atoms with Gasteiger partial charge in [-0.3, -0.25) is 5.10 Å². The molecule has 0 radical (unpaired) electrons. The molecule has 0 saturated heterocycles. The van der Waals surface area contributed by atoms with Crippen molar-refractivity contribution in [1.82, 2.24) is 20.2 Å². The number of H-pyrrole nitrogens is 1. The molecular formula is C14H16ClN5. The summed E-state index contributed by atoms with van der Waals surface area (Å²) in [5, 5.41) is 8.52. The van der Waals surface area contributed by atoms with E-state index in [9.17, 15) is 0 Å². The van der Waals surface area contributed by atoms with Crippen LogP contribution in [-0.2, 0) is 6.42 Å². The molecule has 5 nitrogen and oxygen atoms in total. The van der Waals surface area contributed by atoms with E-state index < -0.39 is 0 Å². The van der Waals surface area contributed by atoms with Crippen molar-refractivity contribution in [3.05, 3.63) is 47.4 Å². The normalized spacial score (nSPS) is 12.9. The molecule has 0 saturated carbocycles. The number of rotatable bonds is 5. The van der Waals surface area contributed by atoms with Crippen LogP contribution >= 0.6 is 11.6 Å². The Morgan fingerprint density at radius 2 is 2.30 bits per heavy atom. The zero-order valence-corrected chi connectivity index (χ0v) is 12.0. The van der Waals surface area contributed by atoms with Gasteiger partial charge in [0, 0.05) is 11.5 Å². The highest BCUT2D eigenvalue weighted by molar-refractivity contribution is 6.31. The lowest BCUT2D eigenvalue weighted by Crippen LogP contribution is -1.95. The average Bonchev–Trinajstić information content (AvgIpc) is 2.83. The van der Waals surface area contributed by atoms with Crippen LogP contribution in [0.4, 0.5) is 5.82 Å². The third kappa shape index (κ3) is 3.05. The Hall–Kier alpha value is -2.14. The summed E-state index contributed by atoms with van der Waals surface area (Å²) in [6.45, 7) is 5.83. The van der Waals surface area contributed by atoms with E-state index in [0.717, 1.165) is 23.1 Å². The van der Waals surface area contributed by atoms with Gasteiger partial charge in [0.15, 0.2) is 5.65 Å². The highest BCUT2D eigenvalue weighted by Gasteiger charge is 2.11. The van der Waals surface area contributed by atoms with E-state index in [1.54, 1.807) is 6.08 Å². The molecular weight excluding hydrogens is 274 g/mol. The summed E-state index contributed by atoms with van der Waals surface area (Å²) in [5.74, 6) is 0.414. The largest absolute Gasteiger partial charge is 0.383 e. The Balaban J connectivity index is 2.36. The second-order valence-electron chi connectivity index (χ2n) is 4.25. The number of anilines is 1. The van der Waals surface area contributed by atoms with E-state index in [0.29, 0.717) is 22.9 Å². The van der Waals surface area contributed by atoms with Crippen LogP contribution in [0, 0.1) is 0 Å². The average molecular weight is 290 g/mol. The Labute approximate surface area is 122 Å². The minimum absolute atomic E-state index is 0.414. The SMILES string of the molecule is C=C/C(=C\C(Cl)=C/CC)Cc1n[nH]c2ncnc(N)c12. The van der Waals surface area contributed by atoms with Crippen molar-refractivity contribution in [3.63, 3.8) is 0 Å². The molecule has 0 fully saturated rings. The summed E-state index contributed by atoms with van der Waals surface area (Å²) in [7, 11) is 0. The predicted molar refractivity (Wildman–Crippen MR) is 82.3 cm³/mol. The number of hydrogen-bond donors (Lipinski definition) is 2. The van der Waals surface area contributed by atoms with Crippen LogP contribution in [0.15, 0.2) is 41.7 Å². The lowest BCUT2D eigenvalue weighted by atomic mass is 10.1. The van der Waals surface area contributed by atoms with Crippen LogP contribution in [0.2, 0.25) is 0 Å². The van der Waals surface area contributed by atoms with Crippen molar-refractivity contribution in [2.24, 2.45) is 0 Å². The van der Waals surface area contributed by atoms with Gasteiger partial charge in [0.25, 0.3) is 0 Å². The molecule has 2 aromatic rings. The maximum atomic E-state index is 6.10. The van der Waals surface area contributed by atoms with Crippen LogP contribution in [0.1, 0.15) is 19.0 Å². The summed E-state index contributed by atoms with van der Waals surface area (Å²) < 4.78 is 0. The van der Waals surface area contributed by atoms with Crippen LogP contribution in [0.5, 0.6) is 0 Å². The Bertz CT molecular complexity index is 684. The first-order valence-electron chi connectivity index (χ1n) is 6.27. The van der Waals surface area contributed by atoms with Gasteiger partial charge in [-0.15, -0.1) is 0 Å². The third-order valence-electron chi connectivity index (χ3n) is 2.82. The molecule has 2 heterocycles. The quantitative estimate of drug-likeness (QED) is 0.829. The van der Waals surface area contributed by atoms with E-state index >= 15 is 0 Å². The molecule has 2 rings (SSSR count). The topological polar surface area (TPSA) is 80.5 Å². The number of aromatic nitrogens is 4. The molecule has 20 heavy (non-hydrogen) atoms. The van der Waals surface area contributed by atoms with Crippen molar-refractivity contribution in [2.75, 3.05) is 5.73 Å². The molecule has 0 amide bonds. The molecule has 6 heteroatoms. The Kier molecular flexibility index (Phi) is 4.53. The standard InChI is InChI=1S/C14H16ClN5/c1-3-5-10(15)6-9(4-2)7-11-12-13(16)17-8-18-14(12)20-19-11/h4-6,8H,2-3,7H2,1H3,(H3,16,17,18,19,20)/b9-6+,10-5+. The lowest BCUT2D eigenvalue weighted by molar-refractivity contribution is 1.00. The van der Waals surface area contributed by atoms with E-state index in [-0.39, 0.29) is 0 Å². The van der Waals surface area contributed by atoms with E-state index in [1.807, 2.05) is 19.1 Å². The molecule has 0 unspecified atom stereocenters. The van der Waals surface area contributed by atoms with Crippen LogP contribution < -0.4 is 5.73 Å². The van der Waals surface area contributed by atoms with Gasteiger partial charge in [0.05, 0.1) is 11.1 Å². The molecule has 3 N–H and O–H groups in total. The number of hydrogen-bond acceptors (Lipinski definition) is 4. The molecule has 0 aliphatic rings. The second-order valence-corrected chi connectivity index (χ2v) is 4.69. The number of nitrogens with one attached hydrogen (secondary N) is 1. The summed E-state index contributed by atoms with van der Waals surface area (Å²) >= 11 is 6.10. The van der Waals surface area contributed by atoms with Gasteiger partial charge in [0.2, 0.25) is 0 Å². The number of halogens is 1. The summed E-state index contributed by atoms with van der Waals surface area (Å²) in [6, 6.07) is 0. The summed E-state index contributed by atoms with van der Waals surface area (Å²) in [6.07, 6.45) is 8.42. The fourth-order valence-corrected chi connectivity index (χ4v) is 2.17. The molecule has 0 bridgehead atoms. The number of nitrogens with zero attached hydrogens (tertiary/aromatic N) is 3. The molecule has 2 aromatic heterocycles. The first kappa shape index (κ1) is 14.3. The number of fused-ring (bicyclic) bond motifs is 1. The van der Waals surface area contributed by atoms with Crippen molar-refractivity contribution < 1.29 is 0 Å². The fourth-order valence-electron chi connectivity index (χ4n) is 1.88. The maximum absolute atomic E-state index is 6.10. The van der Waals surface area contributed by atoms with Crippen molar-refractivity contribution in [2.45, 2.75) is 19.8 Å². The zero-order chi connectivity index (χ0) is 14.5. The number of aromatic amines is 1. The van der Waals surface area contributed by atoms with Gasteiger partial charge in [-0.05, 0) is 18.1 Å². The fraction of sp³-hybridized carbons (Fsp3) is 0.214. The molecule has 0 spiro atoms. The second kappa shape index (κ2) is 6.34. The minimum atomic E-state index is 0.414. The van der Waals surface area contributed by atoms with Crippen LogP contribution in [0.25, 0.3) is 11.0 Å². The molecule has 0 aliphatic heterocycles.